The lowest BCUT2D eigenvalue weighted by atomic mass is 9.89. The number of hydrazone groups is 1. The Kier molecular flexibility index (Phi) is 7.12. The predicted octanol–water partition coefficient (Wildman–Crippen LogP) is 5.90. The minimum Gasteiger partial charge on any atom is -0.200 e. The van der Waals surface area contributed by atoms with Crippen LogP contribution in [-0.2, 0) is 10.0 Å². The van der Waals surface area contributed by atoms with Gasteiger partial charge in [-0.15, -0.1) is 0 Å². The number of hydrogen-bond donors (Lipinski definition) is 1. The molecule has 1 aromatic carbocycles. The average molecular weight is 393 g/mol. The van der Waals surface area contributed by atoms with Crippen LogP contribution in [0.4, 0.5) is 0 Å². The molecule has 4 nitrogen and oxygen atoms in total. The highest BCUT2D eigenvalue weighted by Crippen LogP contribution is 2.35. The van der Waals surface area contributed by atoms with Crippen LogP contribution in [-0.4, -0.2) is 14.1 Å². The highest BCUT2D eigenvalue weighted by molar-refractivity contribution is 7.89. The number of nitrogens with one attached hydrogen (secondary N) is 1. The van der Waals surface area contributed by atoms with Crippen molar-refractivity contribution in [2.75, 3.05) is 0 Å². The van der Waals surface area contributed by atoms with Crippen LogP contribution in [0.3, 0.4) is 0 Å². The van der Waals surface area contributed by atoms with E-state index in [4.69, 9.17) is 0 Å². The molecule has 1 aromatic rings. The predicted molar refractivity (Wildman–Crippen MR) is 114 cm³/mol. The fraction of sp³-hybridized carbons (Fsp3) is 0.682. The van der Waals surface area contributed by atoms with Gasteiger partial charge in [-0.3, -0.25) is 0 Å². The van der Waals surface area contributed by atoms with Gasteiger partial charge in [-0.05, 0) is 66.0 Å². The summed E-state index contributed by atoms with van der Waals surface area (Å²) in [7, 11) is -3.71. The zero-order valence-corrected chi connectivity index (χ0v) is 18.8. The normalized spacial score (nSPS) is 20.1. The Labute approximate surface area is 165 Å². The molecule has 0 amide bonds. The second-order valence-corrected chi connectivity index (χ2v) is 10.6. The Bertz CT molecular complexity index is 764. The monoisotopic (exact) mass is 392 g/mol. The lowest BCUT2D eigenvalue weighted by Gasteiger charge is -2.23. The van der Waals surface area contributed by atoms with E-state index in [1.54, 1.807) is 0 Å². The van der Waals surface area contributed by atoms with Gasteiger partial charge in [-0.25, -0.2) is 4.83 Å². The molecule has 5 heteroatoms. The van der Waals surface area contributed by atoms with Crippen LogP contribution in [0, 0.1) is 5.92 Å². The fourth-order valence-electron chi connectivity index (χ4n) is 3.73. The van der Waals surface area contributed by atoms with Gasteiger partial charge in [0.05, 0.1) is 4.90 Å². The molecule has 1 atom stereocenters. The van der Waals surface area contributed by atoms with Gasteiger partial charge < -0.3 is 0 Å². The summed E-state index contributed by atoms with van der Waals surface area (Å²) in [5.74, 6) is 1.17. The van der Waals surface area contributed by atoms with Crippen LogP contribution in [0.5, 0.6) is 0 Å². The molecule has 27 heavy (non-hydrogen) atoms. The Morgan fingerprint density at radius 1 is 1.00 bits per heavy atom. The van der Waals surface area contributed by atoms with E-state index in [2.05, 4.69) is 70.5 Å². The molecule has 0 radical (unpaired) electrons. The maximum absolute atomic E-state index is 13.3. The second-order valence-electron chi connectivity index (χ2n) is 8.97. The van der Waals surface area contributed by atoms with Gasteiger partial charge in [0.2, 0.25) is 0 Å². The molecule has 0 spiro atoms. The topological polar surface area (TPSA) is 58.5 Å². The van der Waals surface area contributed by atoms with Crippen LogP contribution < -0.4 is 4.83 Å². The van der Waals surface area contributed by atoms with Crippen LogP contribution in [0.25, 0.3) is 0 Å². The largest absolute Gasteiger partial charge is 0.277 e. The van der Waals surface area contributed by atoms with Gasteiger partial charge in [0.1, 0.15) is 0 Å². The summed E-state index contributed by atoms with van der Waals surface area (Å²) in [6.07, 6.45) is 4.03. The van der Waals surface area contributed by atoms with E-state index < -0.39 is 10.0 Å². The maximum atomic E-state index is 13.3. The van der Waals surface area contributed by atoms with Crippen LogP contribution in [0.1, 0.15) is 109 Å². The first kappa shape index (κ1) is 21.9. The summed E-state index contributed by atoms with van der Waals surface area (Å²) < 4.78 is 26.5. The summed E-state index contributed by atoms with van der Waals surface area (Å²) in [6, 6.07) is 4.12. The Hall–Kier alpha value is -1.36. The molecule has 1 aliphatic carbocycles. The highest BCUT2D eigenvalue weighted by atomic mass is 32.2. The van der Waals surface area contributed by atoms with Crippen molar-refractivity contribution in [1.82, 2.24) is 4.83 Å². The maximum Gasteiger partial charge on any atom is 0.277 e. The Morgan fingerprint density at radius 2 is 1.56 bits per heavy atom. The lowest BCUT2D eigenvalue weighted by molar-refractivity contribution is 0.498. The van der Waals surface area contributed by atoms with Gasteiger partial charge in [-0.2, -0.15) is 13.5 Å². The number of benzene rings is 1. The molecule has 1 saturated carbocycles. The van der Waals surface area contributed by atoms with Crippen molar-refractivity contribution in [1.29, 1.82) is 0 Å². The van der Waals surface area contributed by atoms with Crippen LogP contribution in [0.2, 0.25) is 0 Å². The third kappa shape index (κ3) is 5.34. The number of hydrogen-bond acceptors (Lipinski definition) is 3. The first-order valence-electron chi connectivity index (χ1n) is 10.3. The van der Waals surface area contributed by atoms with Crippen molar-refractivity contribution in [2.45, 2.75) is 96.8 Å². The standard InChI is InChI=1S/C22H36N2O2S/c1-14(2)18-12-20(15(3)4)22(21(13-18)16(5)6)27(25,26)24-23-19-10-8-9-17(7)11-19/h12-17,24H,8-11H2,1-7H3/b23-19+. The van der Waals surface area contributed by atoms with Crippen molar-refractivity contribution >= 4 is 15.7 Å². The van der Waals surface area contributed by atoms with E-state index >= 15 is 0 Å². The van der Waals surface area contributed by atoms with Gasteiger partial charge in [0, 0.05) is 5.71 Å². The number of sulfonamides is 1. The lowest BCUT2D eigenvalue weighted by Crippen LogP contribution is -2.25. The quantitative estimate of drug-likeness (QED) is 0.613. The molecule has 1 aliphatic rings. The number of nitrogens with zero attached hydrogens (tertiary/aromatic N) is 1. The molecule has 0 heterocycles. The van der Waals surface area contributed by atoms with Gasteiger partial charge in [0.15, 0.2) is 0 Å². The Balaban J connectivity index is 2.52. The molecule has 0 saturated heterocycles. The SMILES string of the molecule is CC1CCC/C(=N\NS(=O)(=O)c2c(C(C)C)cc(C(C)C)cc2C(C)C)C1. The van der Waals surface area contributed by atoms with Crippen molar-refractivity contribution in [3.05, 3.63) is 28.8 Å². The number of rotatable bonds is 6. The van der Waals surface area contributed by atoms with Crippen molar-refractivity contribution in [3.8, 4) is 0 Å². The van der Waals surface area contributed by atoms with Crippen LogP contribution >= 0.6 is 0 Å². The summed E-state index contributed by atoms with van der Waals surface area (Å²) in [5.41, 5.74) is 3.92. The van der Waals surface area contributed by atoms with Gasteiger partial charge >= 0.3 is 0 Å². The molecule has 152 valence electrons. The second kappa shape index (κ2) is 8.76. The molecule has 1 N–H and O–H groups in total. The van der Waals surface area contributed by atoms with Gasteiger partial charge in [-0.1, -0.05) is 60.6 Å². The molecule has 0 aromatic heterocycles. The van der Waals surface area contributed by atoms with E-state index in [0.29, 0.717) is 16.7 Å². The molecular formula is C22H36N2O2S. The first-order chi connectivity index (χ1) is 12.5. The zero-order chi connectivity index (χ0) is 20.4. The minimum absolute atomic E-state index is 0.120. The molecular weight excluding hydrogens is 356 g/mol. The molecule has 1 unspecified atom stereocenters. The van der Waals surface area contributed by atoms with Crippen molar-refractivity contribution < 1.29 is 8.42 Å². The van der Waals surface area contributed by atoms with E-state index in [1.165, 1.54) is 12.0 Å². The van der Waals surface area contributed by atoms with E-state index in [-0.39, 0.29) is 11.8 Å². The zero-order valence-electron chi connectivity index (χ0n) is 18.0. The smallest absolute Gasteiger partial charge is 0.200 e. The first-order valence-corrected chi connectivity index (χ1v) is 11.8. The third-order valence-electron chi connectivity index (χ3n) is 5.42. The van der Waals surface area contributed by atoms with E-state index in [1.807, 2.05) is 0 Å². The molecule has 1 fully saturated rings. The summed E-state index contributed by atoms with van der Waals surface area (Å²) >= 11 is 0. The summed E-state index contributed by atoms with van der Waals surface area (Å²) in [6.45, 7) is 14.7. The molecule has 0 aliphatic heterocycles. The molecule has 0 bridgehead atoms. The fourth-order valence-corrected chi connectivity index (χ4v) is 5.28. The van der Waals surface area contributed by atoms with Crippen molar-refractivity contribution in [3.63, 3.8) is 0 Å². The summed E-state index contributed by atoms with van der Waals surface area (Å²) in [5, 5.41) is 4.32. The van der Waals surface area contributed by atoms with E-state index in [0.717, 1.165) is 36.1 Å². The highest BCUT2D eigenvalue weighted by Gasteiger charge is 2.27. The third-order valence-corrected chi connectivity index (χ3v) is 6.76. The van der Waals surface area contributed by atoms with Gasteiger partial charge in [0.25, 0.3) is 10.0 Å². The minimum atomic E-state index is -3.71. The van der Waals surface area contributed by atoms with Crippen LogP contribution in [0.15, 0.2) is 22.1 Å². The summed E-state index contributed by atoms with van der Waals surface area (Å²) in [4.78, 5) is 2.99. The Morgan fingerprint density at radius 3 is 2.00 bits per heavy atom. The van der Waals surface area contributed by atoms with Crippen molar-refractivity contribution in [2.24, 2.45) is 11.0 Å². The molecule has 2 rings (SSSR count). The van der Waals surface area contributed by atoms with E-state index in [9.17, 15) is 8.42 Å². The average Bonchev–Trinajstić information content (AvgIpc) is 2.58.